The summed E-state index contributed by atoms with van der Waals surface area (Å²) in [5, 5.41) is 19.8. The van der Waals surface area contributed by atoms with Crippen molar-refractivity contribution in [3.63, 3.8) is 0 Å². The molecule has 1 aromatic carbocycles. The largest absolute Gasteiger partial charge is 0.506 e. The fraction of sp³-hybridized carbons (Fsp3) is 0.619. The Hall–Kier alpha value is -2.26. The zero-order valence-electron chi connectivity index (χ0n) is 16.4. The van der Waals surface area contributed by atoms with E-state index in [1.807, 2.05) is 32.2 Å². The van der Waals surface area contributed by atoms with E-state index in [1.165, 1.54) is 4.90 Å². The second kappa shape index (κ2) is 8.18. The number of carbonyl (C=O) groups is 1. The lowest BCUT2D eigenvalue weighted by molar-refractivity contribution is -0.915. The lowest BCUT2D eigenvalue weighted by Crippen LogP contribution is -3.19. The SMILES string of the molecule is C[C@@H](C(=O)N(C)C1(C#N)CCCCC1)[NH+]1CCN(c2ccccc2O)CC1. The number of hydrogen-bond donors (Lipinski definition) is 2. The number of para-hydroxylation sites is 2. The molecule has 3 rings (SSSR count). The standard InChI is InChI=1S/C21H30N4O2/c1-17(20(27)23(2)21(16-22)10-6-3-7-11-21)24-12-14-25(15-13-24)18-8-4-5-9-19(18)26/h4-5,8-9,17,26H,3,6-7,10-15H2,1-2H3/p+1/t17-/m0/s1. The molecule has 6 heteroatoms. The molecular weight excluding hydrogens is 340 g/mol. The first-order valence-corrected chi connectivity index (χ1v) is 10.0. The summed E-state index contributed by atoms with van der Waals surface area (Å²) in [6, 6.07) is 9.69. The zero-order valence-corrected chi connectivity index (χ0v) is 16.4. The number of phenols is 1. The van der Waals surface area contributed by atoms with Gasteiger partial charge in [-0.15, -0.1) is 0 Å². The number of aromatic hydroxyl groups is 1. The molecule has 1 atom stereocenters. The van der Waals surface area contributed by atoms with E-state index in [9.17, 15) is 15.2 Å². The Bertz CT molecular complexity index is 700. The fourth-order valence-electron chi connectivity index (χ4n) is 4.53. The van der Waals surface area contributed by atoms with Crippen molar-refractivity contribution >= 4 is 11.6 Å². The minimum atomic E-state index is -0.624. The van der Waals surface area contributed by atoms with Crippen molar-refractivity contribution in [2.75, 3.05) is 38.1 Å². The van der Waals surface area contributed by atoms with Gasteiger partial charge in [0.1, 0.15) is 11.3 Å². The number of quaternary nitrogens is 1. The van der Waals surface area contributed by atoms with Crippen LogP contribution >= 0.6 is 0 Å². The van der Waals surface area contributed by atoms with Gasteiger partial charge in [0.2, 0.25) is 0 Å². The summed E-state index contributed by atoms with van der Waals surface area (Å²) in [7, 11) is 1.81. The van der Waals surface area contributed by atoms with Crippen molar-refractivity contribution in [2.45, 2.75) is 50.6 Å². The number of nitrogens with zero attached hydrogens (tertiary/aromatic N) is 3. The van der Waals surface area contributed by atoms with Crippen LogP contribution in [0.4, 0.5) is 5.69 Å². The molecule has 1 amide bonds. The van der Waals surface area contributed by atoms with Crippen LogP contribution in [-0.4, -0.2) is 60.7 Å². The van der Waals surface area contributed by atoms with Gasteiger partial charge in [-0.1, -0.05) is 31.4 Å². The summed E-state index contributed by atoms with van der Waals surface area (Å²) in [5.74, 6) is 0.377. The number of anilines is 1. The zero-order chi connectivity index (χ0) is 19.4. The van der Waals surface area contributed by atoms with Crippen LogP contribution in [0.1, 0.15) is 39.0 Å². The predicted molar refractivity (Wildman–Crippen MR) is 105 cm³/mol. The molecule has 2 N–H and O–H groups in total. The molecule has 1 heterocycles. The van der Waals surface area contributed by atoms with Crippen LogP contribution in [0, 0.1) is 11.3 Å². The van der Waals surface area contributed by atoms with Gasteiger partial charge >= 0.3 is 0 Å². The summed E-state index contributed by atoms with van der Waals surface area (Å²) < 4.78 is 0. The molecule has 0 unspecified atom stereocenters. The molecule has 1 aliphatic heterocycles. The van der Waals surface area contributed by atoms with Gasteiger partial charge in [-0.25, -0.2) is 0 Å². The summed E-state index contributed by atoms with van der Waals surface area (Å²) in [6.45, 7) is 5.27. The Labute approximate surface area is 162 Å². The average molecular weight is 372 g/mol. The Morgan fingerprint density at radius 3 is 2.48 bits per heavy atom. The lowest BCUT2D eigenvalue weighted by Gasteiger charge is -2.42. The molecule has 2 fully saturated rings. The Balaban J connectivity index is 1.61. The summed E-state index contributed by atoms with van der Waals surface area (Å²) in [6.07, 6.45) is 4.77. The monoisotopic (exact) mass is 371 g/mol. The first-order valence-electron chi connectivity index (χ1n) is 10.0. The topological polar surface area (TPSA) is 72.0 Å². The van der Waals surface area contributed by atoms with Crippen LogP contribution in [0.3, 0.4) is 0 Å². The molecule has 0 spiro atoms. The minimum Gasteiger partial charge on any atom is -0.506 e. The normalized spacial score (nSPS) is 21.3. The molecule has 0 aromatic heterocycles. The number of amides is 1. The Morgan fingerprint density at radius 1 is 1.26 bits per heavy atom. The second-order valence-corrected chi connectivity index (χ2v) is 7.96. The molecule has 1 aromatic rings. The third-order valence-corrected chi connectivity index (χ3v) is 6.47. The van der Waals surface area contributed by atoms with Crippen molar-refractivity contribution < 1.29 is 14.8 Å². The van der Waals surface area contributed by atoms with E-state index in [2.05, 4.69) is 11.0 Å². The van der Waals surface area contributed by atoms with E-state index >= 15 is 0 Å². The molecule has 0 bridgehead atoms. The van der Waals surface area contributed by atoms with Crippen molar-refractivity contribution in [1.82, 2.24) is 4.90 Å². The van der Waals surface area contributed by atoms with E-state index in [0.717, 1.165) is 64.0 Å². The first kappa shape index (κ1) is 19.5. The molecular formula is C21H31N4O2+. The minimum absolute atomic E-state index is 0.0736. The number of benzene rings is 1. The van der Waals surface area contributed by atoms with Crippen LogP contribution in [0.5, 0.6) is 5.75 Å². The van der Waals surface area contributed by atoms with Crippen LogP contribution in [0.25, 0.3) is 0 Å². The van der Waals surface area contributed by atoms with Crippen LogP contribution in [0.2, 0.25) is 0 Å². The van der Waals surface area contributed by atoms with Crippen molar-refractivity contribution in [3.8, 4) is 11.8 Å². The van der Waals surface area contributed by atoms with Gasteiger partial charge in [-0.05, 0) is 31.9 Å². The molecule has 0 radical (unpaired) electrons. The van der Waals surface area contributed by atoms with E-state index < -0.39 is 5.54 Å². The highest BCUT2D eigenvalue weighted by Gasteiger charge is 2.42. The summed E-state index contributed by atoms with van der Waals surface area (Å²) in [5.41, 5.74) is 0.235. The second-order valence-electron chi connectivity index (χ2n) is 7.96. The van der Waals surface area contributed by atoms with E-state index in [1.54, 1.807) is 11.0 Å². The number of nitrogens with one attached hydrogen (secondary N) is 1. The number of hydrogen-bond acceptors (Lipinski definition) is 4. The molecule has 2 aliphatic rings. The van der Waals surface area contributed by atoms with Crippen molar-refractivity contribution in [1.29, 1.82) is 5.26 Å². The number of phenolic OH excluding ortho intramolecular Hbond substituents is 1. The van der Waals surface area contributed by atoms with Gasteiger partial charge in [0.15, 0.2) is 6.04 Å². The number of rotatable bonds is 4. The quantitative estimate of drug-likeness (QED) is 0.833. The average Bonchev–Trinajstić information content (AvgIpc) is 2.73. The lowest BCUT2D eigenvalue weighted by atomic mass is 9.81. The maximum atomic E-state index is 13.1. The highest BCUT2D eigenvalue weighted by molar-refractivity contribution is 5.81. The fourth-order valence-corrected chi connectivity index (χ4v) is 4.53. The van der Waals surface area contributed by atoms with E-state index in [-0.39, 0.29) is 11.9 Å². The maximum absolute atomic E-state index is 13.1. The number of piperazine rings is 1. The van der Waals surface area contributed by atoms with E-state index in [0.29, 0.717) is 5.75 Å². The molecule has 27 heavy (non-hydrogen) atoms. The van der Waals surface area contributed by atoms with Crippen LogP contribution < -0.4 is 9.80 Å². The molecule has 146 valence electrons. The first-order chi connectivity index (χ1) is 13.0. The van der Waals surface area contributed by atoms with Crippen molar-refractivity contribution in [3.05, 3.63) is 24.3 Å². The van der Waals surface area contributed by atoms with Gasteiger partial charge in [0.05, 0.1) is 37.9 Å². The van der Waals surface area contributed by atoms with E-state index in [4.69, 9.17) is 0 Å². The van der Waals surface area contributed by atoms with Crippen LogP contribution in [-0.2, 0) is 4.79 Å². The van der Waals surface area contributed by atoms with Crippen molar-refractivity contribution in [2.24, 2.45) is 0 Å². The Morgan fingerprint density at radius 2 is 1.89 bits per heavy atom. The summed E-state index contributed by atoms with van der Waals surface area (Å²) >= 11 is 0. The molecule has 1 saturated heterocycles. The Kier molecular flexibility index (Phi) is 5.91. The summed E-state index contributed by atoms with van der Waals surface area (Å²) in [4.78, 5) is 18.3. The van der Waals surface area contributed by atoms with Crippen LogP contribution in [0.15, 0.2) is 24.3 Å². The van der Waals surface area contributed by atoms with Gasteiger partial charge in [-0.3, -0.25) is 4.79 Å². The molecule has 1 aliphatic carbocycles. The highest BCUT2D eigenvalue weighted by Crippen LogP contribution is 2.32. The van der Waals surface area contributed by atoms with Gasteiger partial charge < -0.3 is 19.8 Å². The van der Waals surface area contributed by atoms with Gasteiger partial charge in [0.25, 0.3) is 5.91 Å². The third kappa shape index (κ3) is 3.89. The third-order valence-electron chi connectivity index (χ3n) is 6.47. The predicted octanol–water partition coefficient (Wildman–Crippen LogP) is 1.17. The van der Waals surface area contributed by atoms with Gasteiger partial charge in [0, 0.05) is 7.05 Å². The number of nitriles is 1. The maximum Gasteiger partial charge on any atom is 0.281 e. The molecule has 1 saturated carbocycles. The number of likely N-dealkylation sites (N-methyl/N-ethyl adjacent to an activating group) is 1. The van der Waals surface area contributed by atoms with Gasteiger partial charge in [-0.2, -0.15) is 5.26 Å². The molecule has 6 nitrogen and oxygen atoms in total. The number of carbonyl (C=O) groups excluding carboxylic acids is 1. The smallest absolute Gasteiger partial charge is 0.281 e. The highest BCUT2D eigenvalue weighted by atomic mass is 16.3.